The van der Waals surface area contributed by atoms with Gasteiger partial charge in [0.15, 0.2) is 5.78 Å². The summed E-state index contributed by atoms with van der Waals surface area (Å²) < 4.78 is 44.0. The van der Waals surface area contributed by atoms with Crippen molar-refractivity contribution in [3.63, 3.8) is 0 Å². The SMILES string of the molecule is O=C(c1cccs1)[C@@H]1[C@H](c2ccc([N+](=O)[O-])cc2)NC(=O)N(Cc2ccccc2)[C@@]1(O)C(F)(F)F. The topological polar surface area (TPSA) is 113 Å². The zero-order valence-corrected chi connectivity index (χ0v) is 18.6. The summed E-state index contributed by atoms with van der Waals surface area (Å²) in [5, 5.41) is 26.2. The number of carbonyl (C=O) groups excluding carboxylic acids is 2. The van der Waals surface area contributed by atoms with E-state index in [-0.39, 0.29) is 21.0 Å². The molecule has 2 aromatic carbocycles. The van der Waals surface area contributed by atoms with E-state index in [2.05, 4.69) is 5.32 Å². The number of aliphatic hydroxyl groups is 1. The molecule has 2 N–H and O–H groups in total. The number of thiophene rings is 1. The molecule has 12 heteroatoms. The molecular formula is C23H18F3N3O5S. The van der Waals surface area contributed by atoms with Gasteiger partial charge in [0.1, 0.15) is 5.92 Å². The van der Waals surface area contributed by atoms with Gasteiger partial charge in [0.05, 0.1) is 22.4 Å². The van der Waals surface area contributed by atoms with Crippen molar-refractivity contribution in [1.82, 2.24) is 10.2 Å². The van der Waals surface area contributed by atoms with Crippen LogP contribution in [0.5, 0.6) is 0 Å². The van der Waals surface area contributed by atoms with Crippen LogP contribution >= 0.6 is 11.3 Å². The number of amides is 2. The van der Waals surface area contributed by atoms with E-state index in [1.54, 1.807) is 18.2 Å². The minimum absolute atomic E-state index is 0.000826. The van der Waals surface area contributed by atoms with Crippen molar-refractivity contribution in [2.75, 3.05) is 0 Å². The Morgan fingerprint density at radius 1 is 1.11 bits per heavy atom. The first kappa shape index (κ1) is 24.4. The lowest BCUT2D eigenvalue weighted by Gasteiger charge is -2.51. The average molecular weight is 505 g/mol. The summed E-state index contributed by atoms with van der Waals surface area (Å²) in [7, 11) is 0. The third-order valence-corrected chi connectivity index (χ3v) is 6.70. The first-order valence-corrected chi connectivity index (χ1v) is 11.1. The van der Waals surface area contributed by atoms with Gasteiger partial charge in [0.25, 0.3) is 11.4 Å². The van der Waals surface area contributed by atoms with Gasteiger partial charge in [-0.15, -0.1) is 11.3 Å². The molecule has 0 bridgehead atoms. The first-order chi connectivity index (χ1) is 16.5. The highest BCUT2D eigenvalue weighted by molar-refractivity contribution is 7.12. The fourth-order valence-electron chi connectivity index (χ4n) is 4.12. The van der Waals surface area contributed by atoms with Gasteiger partial charge in [-0.2, -0.15) is 13.2 Å². The van der Waals surface area contributed by atoms with Gasteiger partial charge in [-0.25, -0.2) is 4.79 Å². The standard InChI is InChI=1S/C23H18F3N3O5S/c24-23(25,26)22(32)18(20(30)17-7-4-12-35-17)19(15-8-10-16(11-9-15)29(33)34)27-21(31)28(22)13-14-5-2-1-3-6-14/h1-12,18-19,32H,13H2,(H,27,31)/t18-,19-,22-/m0/s1. The number of non-ortho nitro benzene ring substituents is 1. The number of benzene rings is 2. The number of hydrogen-bond donors (Lipinski definition) is 2. The van der Waals surface area contributed by atoms with E-state index < -0.39 is 47.1 Å². The third kappa shape index (κ3) is 4.37. The largest absolute Gasteiger partial charge is 0.437 e. The van der Waals surface area contributed by atoms with Crippen molar-refractivity contribution in [3.8, 4) is 0 Å². The number of rotatable bonds is 6. The number of hydrogen-bond acceptors (Lipinski definition) is 6. The Balaban J connectivity index is 1.87. The van der Waals surface area contributed by atoms with Crippen LogP contribution in [0.4, 0.5) is 23.7 Å². The van der Waals surface area contributed by atoms with Crippen molar-refractivity contribution in [2.24, 2.45) is 5.92 Å². The summed E-state index contributed by atoms with van der Waals surface area (Å²) in [6, 6.07) is 12.1. The molecule has 0 radical (unpaired) electrons. The molecule has 4 rings (SSSR count). The molecule has 35 heavy (non-hydrogen) atoms. The number of halogens is 3. The predicted molar refractivity (Wildman–Crippen MR) is 119 cm³/mol. The molecule has 182 valence electrons. The Hall–Kier alpha value is -3.77. The molecule has 1 aliphatic heterocycles. The molecule has 1 aromatic heterocycles. The van der Waals surface area contributed by atoms with E-state index >= 15 is 0 Å². The minimum atomic E-state index is -5.42. The van der Waals surface area contributed by atoms with E-state index in [0.717, 1.165) is 35.6 Å². The van der Waals surface area contributed by atoms with Crippen LogP contribution in [-0.4, -0.2) is 38.6 Å². The summed E-state index contributed by atoms with van der Waals surface area (Å²) in [5.41, 5.74) is -3.89. The fourth-order valence-corrected chi connectivity index (χ4v) is 4.83. The maximum Gasteiger partial charge on any atom is 0.437 e. The Kier molecular flexibility index (Phi) is 6.34. The zero-order valence-electron chi connectivity index (χ0n) is 17.8. The third-order valence-electron chi connectivity index (χ3n) is 5.81. The smallest absolute Gasteiger partial charge is 0.363 e. The van der Waals surface area contributed by atoms with Gasteiger partial charge in [-0.05, 0) is 22.6 Å². The molecule has 0 spiro atoms. The molecule has 3 aromatic rings. The maximum atomic E-state index is 14.7. The van der Waals surface area contributed by atoms with Crippen molar-refractivity contribution < 1.29 is 32.8 Å². The van der Waals surface area contributed by atoms with Gasteiger partial charge in [0.2, 0.25) is 0 Å². The summed E-state index contributed by atoms with van der Waals surface area (Å²) in [6.07, 6.45) is -5.42. The van der Waals surface area contributed by atoms with Crippen LogP contribution in [-0.2, 0) is 6.54 Å². The lowest BCUT2D eigenvalue weighted by atomic mass is 9.77. The highest BCUT2D eigenvalue weighted by atomic mass is 32.1. The van der Waals surface area contributed by atoms with E-state index in [1.807, 2.05) is 0 Å². The second-order valence-electron chi connectivity index (χ2n) is 7.89. The van der Waals surface area contributed by atoms with Crippen LogP contribution in [0.15, 0.2) is 72.1 Å². The van der Waals surface area contributed by atoms with Crippen LogP contribution in [0.25, 0.3) is 0 Å². The molecule has 2 heterocycles. The molecule has 1 fully saturated rings. The number of carbonyl (C=O) groups is 2. The number of alkyl halides is 3. The van der Waals surface area contributed by atoms with Gasteiger partial charge in [-0.1, -0.05) is 48.5 Å². The minimum Gasteiger partial charge on any atom is -0.363 e. The zero-order chi connectivity index (χ0) is 25.4. The second kappa shape index (κ2) is 9.12. The summed E-state index contributed by atoms with van der Waals surface area (Å²) >= 11 is 0.897. The molecule has 8 nitrogen and oxygen atoms in total. The maximum absolute atomic E-state index is 14.7. The number of ketones is 1. The first-order valence-electron chi connectivity index (χ1n) is 10.3. The molecule has 3 atom stereocenters. The van der Waals surface area contributed by atoms with E-state index in [4.69, 9.17) is 0 Å². The highest BCUT2D eigenvalue weighted by Crippen LogP contribution is 2.49. The van der Waals surface area contributed by atoms with Gasteiger partial charge >= 0.3 is 12.2 Å². The Morgan fingerprint density at radius 3 is 2.31 bits per heavy atom. The monoisotopic (exact) mass is 505 g/mol. The molecular weight excluding hydrogens is 487 g/mol. The van der Waals surface area contributed by atoms with Gasteiger partial charge < -0.3 is 10.4 Å². The number of nitrogens with one attached hydrogen (secondary N) is 1. The second-order valence-corrected chi connectivity index (χ2v) is 8.84. The van der Waals surface area contributed by atoms with E-state index in [9.17, 15) is 38.0 Å². The van der Waals surface area contributed by atoms with Crippen LogP contribution in [0.3, 0.4) is 0 Å². The lowest BCUT2D eigenvalue weighted by Crippen LogP contribution is -2.73. The van der Waals surface area contributed by atoms with Crippen molar-refractivity contribution in [2.45, 2.75) is 24.5 Å². The Labute approximate surface area is 200 Å². The highest BCUT2D eigenvalue weighted by Gasteiger charge is 2.70. The predicted octanol–water partition coefficient (Wildman–Crippen LogP) is 4.67. The summed E-state index contributed by atoms with van der Waals surface area (Å²) in [5.74, 6) is -3.23. The summed E-state index contributed by atoms with van der Waals surface area (Å²) in [6.45, 7) is -0.621. The normalized spacial score (nSPS) is 22.5. The van der Waals surface area contributed by atoms with Crippen molar-refractivity contribution in [3.05, 3.63) is 98.2 Å². The number of nitro groups is 1. The quantitative estimate of drug-likeness (QED) is 0.287. The number of Topliss-reactive ketones (excluding diaryl/α,β-unsaturated/α-hetero) is 1. The molecule has 0 saturated carbocycles. The molecule has 1 aliphatic rings. The Morgan fingerprint density at radius 2 is 1.77 bits per heavy atom. The van der Waals surface area contributed by atoms with E-state index in [1.165, 1.54) is 29.6 Å². The van der Waals surface area contributed by atoms with Crippen LogP contribution in [0.1, 0.15) is 26.8 Å². The van der Waals surface area contributed by atoms with Crippen LogP contribution < -0.4 is 5.32 Å². The fraction of sp³-hybridized carbons (Fsp3) is 0.217. The molecule has 0 unspecified atom stereocenters. The lowest BCUT2D eigenvalue weighted by molar-refractivity contribution is -0.384. The van der Waals surface area contributed by atoms with Crippen molar-refractivity contribution >= 4 is 28.8 Å². The average Bonchev–Trinajstić information content (AvgIpc) is 3.36. The molecule has 2 amide bonds. The van der Waals surface area contributed by atoms with Crippen molar-refractivity contribution in [1.29, 1.82) is 0 Å². The van der Waals surface area contributed by atoms with Gasteiger partial charge in [0, 0.05) is 12.1 Å². The molecule has 1 saturated heterocycles. The van der Waals surface area contributed by atoms with Crippen LogP contribution in [0.2, 0.25) is 0 Å². The van der Waals surface area contributed by atoms with Gasteiger partial charge in [-0.3, -0.25) is 19.8 Å². The number of urea groups is 1. The Bertz CT molecular complexity index is 1240. The van der Waals surface area contributed by atoms with Crippen LogP contribution in [0, 0.1) is 16.0 Å². The molecule has 0 aliphatic carbocycles. The number of nitro benzene ring substituents is 1. The summed E-state index contributed by atoms with van der Waals surface area (Å²) in [4.78, 5) is 36.9. The van der Waals surface area contributed by atoms with E-state index in [0.29, 0.717) is 5.56 Å². The number of nitrogens with zero attached hydrogens (tertiary/aromatic N) is 2.